The fourth-order valence-electron chi connectivity index (χ4n) is 2.60. The summed E-state index contributed by atoms with van der Waals surface area (Å²) < 4.78 is 60.3. The molecule has 34 heavy (non-hydrogen) atoms. The zero-order chi connectivity index (χ0) is 24.6. The lowest BCUT2D eigenvalue weighted by atomic mass is 10.2. The molecule has 3 aromatic rings. The lowest BCUT2D eigenvalue weighted by Crippen LogP contribution is -2.08. The van der Waals surface area contributed by atoms with Gasteiger partial charge < -0.3 is 8.37 Å². The molecule has 0 atom stereocenters. The van der Waals surface area contributed by atoms with E-state index in [-0.39, 0.29) is 32.6 Å². The maximum absolute atomic E-state index is 12.5. The molecule has 0 spiro atoms. The minimum atomic E-state index is -4.23. The van der Waals surface area contributed by atoms with Gasteiger partial charge in [0.15, 0.2) is 17.7 Å². The molecule has 1 aromatic heterocycles. The summed E-state index contributed by atoms with van der Waals surface area (Å²) in [6, 6.07) is 19.1. The van der Waals surface area contributed by atoms with Crippen molar-refractivity contribution in [1.29, 1.82) is 5.26 Å². The van der Waals surface area contributed by atoms with Gasteiger partial charge in [-0.25, -0.2) is 4.85 Å². The summed E-state index contributed by atoms with van der Waals surface area (Å²) in [5.74, 6) is -0.632. The van der Waals surface area contributed by atoms with E-state index in [0.717, 1.165) is 18.5 Å². The van der Waals surface area contributed by atoms with Gasteiger partial charge in [-0.2, -0.15) is 22.1 Å². The van der Waals surface area contributed by atoms with Crippen LogP contribution in [0.5, 0.6) is 0 Å². The third-order valence-corrected chi connectivity index (χ3v) is 6.64. The van der Waals surface area contributed by atoms with Gasteiger partial charge in [-0.1, -0.05) is 36.4 Å². The van der Waals surface area contributed by atoms with E-state index in [1.807, 2.05) is 0 Å². The third-order valence-electron chi connectivity index (χ3n) is 4.14. The van der Waals surface area contributed by atoms with Crippen LogP contribution in [-0.4, -0.2) is 21.8 Å². The highest BCUT2D eigenvalue weighted by Gasteiger charge is 2.21. The number of rotatable bonds is 8. The largest absolute Gasteiger partial charge is 0.389 e. The van der Waals surface area contributed by atoms with Crippen LogP contribution in [0, 0.1) is 17.9 Å². The Labute approximate surface area is 196 Å². The first-order chi connectivity index (χ1) is 16.3. The molecule has 0 aliphatic carbocycles. The molecule has 0 saturated heterocycles. The van der Waals surface area contributed by atoms with Crippen molar-refractivity contribution in [2.75, 3.05) is 0 Å². The molecule has 11 heteroatoms. The van der Waals surface area contributed by atoms with Gasteiger partial charge in [0.25, 0.3) is 0 Å². The lowest BCUT2D eigenvalue weighted by Gasteiger charge is -2.12. The summed E-state index contributed by atoms with van der Waals surface area (Å²) in [5, 5.41) is 9.06. The summed E-state index contributed by atoms with van der Waals surface area (Å²) in [4.78, 5) is 6.90. The van der Waals surface area contributed by atoms with Gasteiger partial charge in [-0.15, -0.1) is 0 Å². The number of nitriles is 1. The highest BCUT2D eigenvalue weighted by molar-refractivity contribution is 7.87. The van der Waals surface area contributed by atoms with Crippen molar-refractivity contribution >= 4 is 31.8 Å². The second-order valence-corrected chi connectivity index (χ2v) is 9.49. The van der Waals surface area contributed by atoms with Crippen molar-refractivity contribution in [1.82, 2.24) is 4.98 Å². The fourth-order valence-corrected chi connectivity index (χ4v) is 4.51. The summed E-state index contributed by atoms with van der Waals surface area (Å²) in [5.41, 5.74) is 0.111. The summed E-state index contributed by atoms with van der Waals surface area (Å²) in [6.45, 7) is 7.05. The maximum Gasteiger partial charge on any atom is 0.339 e. The first-order valence-electron chi connectivity index (χ1n) is 9.39. The van der Waals surface area contributed by atoms with E-state index >= 15 is 0 Å². The molecule has 170 valence electrons. The highest BCUT2D eigenvalue weighted by atomic mass is 32.2. The average Bonchev–Trinajstić information content (AvgIpc) is 2.84. The molecule has 0 radical (unpaired) electrons. The molecule has 0 fully saturated rings. The Kier molecular flexibility index (Phi) is 7.43. The zero-order valence-electron chi connectivity index (χ0n) is 17.3. The van der Waals surface area contributed by atoms with Crippen LogP contribution in [0.25, 0.3) is 16.4 Å². The van der Waals surface area contributed by atoms with Crippen LogP contribution in [0.4, 0.5) is 0 Å². The van der Waals surface area contributed by atoms with E-state index in [9.17, 15) is 16.8 Å². The number of hydrogen-bond donors (Lipinski definition) is 0. The maximum atomic E-state index is 12.5. The quantitative estimate of drug-likeness (QED) is 0.200. The lowest BCUT2D eigenvalue weighted by molar-refractivity contribution is 0.459. The van der Waals surface area contributed by atoms with Crippen molar-refractivity contribution < 1.29 is 25.2 Å². The van der Waals surface area contributed by atoms with Crippen molar-refractivity contribution in [3.63, 3.8) is 0 Å². The first kappa shape index (κ1) is 24.2. The van der Waals surface area contributed by atoms with Gasteiger partial charge in [0.1, 0.15) is 9.79 Å². The highest BCUT2D eigenvalue weighted by Crippen LogP contribution is 2.25. The second-order valence-electron chi connectivity index (χ2n) is 6.39. The SMILES string of the molecule is [C-]#[N+]/C=C(\OS(=O)(=O)c1ccccc1)c1ccc(/C(=C/C#N)OS(=O)(=O)c2ccccc2)cn1. The van der Waals surface area contributed by atoms with Gasteiger partial charge in [-0.05, 0) is 36.4 Å². The molecule has 0 N–H and O–H groups in total. The van der Waals surface area contributed by atoms with E-state index in [4.69, 9.17) is 20.2 Å². The third kappa shape index (κ3) is 5.86. The van der Waals surface area contributed by atoms with Crippen LogP contribution in [-0.2, 0) is 28.6 Å². The summed E-state index contributed by atoms with van der Waals surface area (Å²) in [6.07, 6.45) is 2.91. The molecule has 1 heterocycles. The smallest absolute Gasteiger partial charge is 0.339 e. The monoisotopic (exact) mass is 493 g/mol. The molecule has 0 unspecified atom stereocenters. The molecule has 0 aliphatic rings. The van der Waals surface area contributed by atoms with E-state index in [2.05, 4.69) is 9.83 Å². The normalized spacial score (nSPS) is 12.3. The molecule has 0 amide bonds. The molecular weight excluding hydrogens is 478 g/mol. The predicted octanol–water partition coefficient (Wildman–Crippen LogP) is 3.97. The Morgan fingerprint density at radius 2 is 1.38 bits per heavy atom. The Balaban J connectivity index is 1.89. The van der Waals surface area contributed by atoms with Gasteiger partial charge in [0.05, 0.1) is 24.4 Å². The molecule has 2 aromatic carbocycles. The van der Waals surface area contributed by atoms with Crippen LogP contribution < -0.4 is 0 Å². The Morgan fingerprint density at radius 3 is 1.82 bits per heavy atom. The zero-order valence-corrected chi connectivity index (χ0v) is 18.9. The molecule has 9 nitrogen and oxygen atoms in total. The van der Waals surface area contributed by atoms with E-state index < -0.39 is 20.2 Å². The second kappa shape index (κ2) is 10.4. The topological polar surface area (TPSA) is 128 Å². The van der Waals surface area contributed by atoms with E-state index in [1.54, 1.807) is 18.2 Å². The predicted molar refractivity (Wildman–Crippen MR) is 122 cm³/mol. The standard InChI is InChI=1S/C23H15N3O6S2/c1-25-17-23(32-34(29,30)20-10-6-3-7-11-20)21-13-12-18(16-26-21)22(14-15-24)31-33(27,28)19-8-4-2-5-9-19/h2-14,16-17H/b22-14-,23-17-. The first-order valence-corrected chi connectivity index (χ1v) is 12.2. The molecule has 0 saturated carbocycles. The molecule has 0 bridgehead atoms. The van der Waals surface area contributed by atoms with E-state index in [1.165, 1.54) is 60.7 Å². The number of allylic oxidation sites excluding steroid dienone is 1. The van der Waals surface area contributed by atoms with Gasteiger partial charge in [0.2, 0.25) is 0 Å². The number of nitrogens with zero attached hydrogens (tertiary/aromatic N) is 3. The molecule has 0 aliphatic heterocycles. The van der Waals surface area contributed by atoms with Gasteiger partial charge in [-0.3, -0.25) is 4.98 Å². The minimum Gasteiger partial charge on any atom is -0.389 e. The van der Waals surface area contributed by atoms with Crippen LogP contribution in [0.15, 0.2) is 101 Å². The minimum absolute atomic E-state index is 0.0125. The molecule has 3 rings (SSSR count). The molecular formula is C23H15N3O6S2. The van der Waals surface area contributed by atoms with Crippen molar-refractivity contribution in [3.05, 3.63) is 114 Å². The van der Waals surface area contributed by atoms with Crippen LogP contribution in [0.1, 0.15) is 11.3 Å². The fraction of sp³-hybridized carbons (Fsp3) is 0. The van der Waals surface area contributed by atoms with Crippen LogP contribution in [0.2, 0.25) is 0 Å². The van der Waals surface area contributed by atoms with Gasteiger partial charge >= 0.3 is 20.2 Å². The summed E-state index contributed by atoms with van der Waals surface area (Å²) in [7, 11) is -8.45. The van der Waals surface area contributed by atoms with Crippen LogP contribution >= 0.6 is 0 Å². The Hall–Kier alpha value is -4.45. The van der Waals surface area contributed by atoms with Crippen LogP contribution in [0.3, 0.4) is 0 Å². The van der Waals surface area contributed by atoms with Crippen molar-refractivity contribution in [2.24, 2.45) is 0 Å². The van der Waals surface area contributed by atoms with Crippen molar-refractivity contribution in [3.8, 4) is 6.07 Å². The Bertz CT molecular complexity index is 1400. The number of hydrogen-bond acceptors (Lipinski definition) is 8. The number of pyridine rings is 1. The van der Waals surface area contributed by atoms with Gasteiger partial charge in [0, 0.05) is 11.8 Å². The summed E-state index contributed by atoms with van der Waals surface area (Å²) >= 11 is 0. The number of benzene rings is 2. The van der Waals surface area contributed by atoms with E-state index in [0.29, 0.717) is 0 Å². The average molecular weight is 494 g/mol. The number of aromatic nitrogens is 1. The van der Waals surface area contributed by atoms with Crippen molar-refractivity contribution in [2.45, 2.75) is 9.79 Å². The Morgan fingerprint density at radius 1 is 0.853 bits per heavy atom.